The zero-order valence-corrected chi connectivity index (χ0v) is 12.5. The van der Waals surface area contributed by atoms with Crippen LogP contribution in [0.15, 0.2) is 18.2 Å². The van der Waals surface area contributed by atoms with Gasteiger partial charge in [0, 0.05) is 24.7 Å². The highest BCUT2D eigenvalue weighted by atomic mass is 32.2. The van der Waals surface area contributed by atoms with Gasteiger partial charge in [-0.3, -0.25) is 4.79 Å². The topological polar surface area (TPSA) is 93.7 Å². The van der Waals surface area contributed by atoms with Crippen LogP contribution in [0.5, 0.6) is 11.5 Å². The van der Waals surface area contributed by atoms with Crippen LogP contribution in [0.1, 0.15) is 19.8 Å². The molecule has 0 bridgehead atoms. The predicted octanol–water partition coefficient (Wildman–Crippen LogP) is 1.07. The van der Waals surface area contributed by atoms with Crippen LogP contribution in [0.25, 0.3) is 0 Å². The molecule has 0 fully saturated rings. The summed E-state index contributed by atoms with van der Waals surface area (Å²) in [7, 11) is -3.27. The first-order valence-corrected chi connectivity index (χ1v) is 8.32. The molecule has 1 aromatic carbocycles. The highest BCUT2D eigenvalue weighted by Crippen LogP contribution is 2.34. The van der Waals surface area contributed by atoms with Crippen LogP contribution in [0.3, 0.4) is 0 Å². The molecule has 7 nitrogen and oxygen atoms in total. The Bertz CT molecular complexity index is 615. The van der Waals surface area contributed by atoms with E-state index in [0.29, 0.717) is 23.6 Å². The Hall–Kier alpha value is -1.80. The van der Waals surface area contributed by atoms with Crippen molar-refractivity contribution in [3.63, 3.8) is 0 Å². The van der Waals surface area contributed by atoms with E-state index in [9.17, 15) is 13.2 Å². The molecule has 0 unspecified atom stereocenters. The summed E-state index contributed by atoms with van der Waals surface area (Å²) < 4.78 is 35.6. The van der Waals surface area contributed by atoms with Gasteiger partial charge in [0.05, 0.1) is 5.75 Å². The van der Waals surface area contributed by atoms with Crippen LogP contribution in [0.2, 0.25) is 0 Å². The fourth-order valence-corrected chi connectivity index (χ4v) is 2.95. The van der Waals surface area contributed by atoms with E-state index in [0.717, 1.165) is 0 Å². The largest absolute Gasteiger partial charge is 0.454 e. The maximum Gasteiger partial charge on any atom is 0.231 e. The van der Waals surface area contributed by atoms with Crippen molar-refractivity contribution in [3.05, 3.63) is 18.2 Å². The first-order valence-electron chi connectivity index (χ1n) is 6.67. The van der Waals surface area contributed by atoms with Crippen molar-refractivity contribution in [2.45, 2.75) is 19.8 Å². The number of hydrogen-bond donors (Lipinski definition) is 2. The Morgan fingerprint density at radius 1 is 1.29 bits per heavy atom. The summed E-state index contributed by atoms with van der Waals surface area (Å²) in [5.74, 6) is 1.02. The molecule has 116 valence electrons. The van der Waals surface area contributed by atoms with Crippen molar-refractivity contribution in [3.8, 4) is 11.5 Å². The standard InChI is InChI=1S/C13H18N2O5S/c1-2-7-21(17,18)14-6-5-13(16)15-10-3-4-11-12(8-10)20-9-19-11/h3-4,8,14H,2,5-7,9H2,1H3,(H,15,16). The van der Waals surface area contributed by atoms with Crippen molar-refractivity contribution < 1.29 is 22.7 Å². The number of nitrogens with one attached hydrogen (secondary N) is 2. The minimum atomic E-state index is -3.27. The van der Waals surface area contributed by atoms with E-state index in [1.807, 2.05) is 0 Å². The quantitative estimate of drug-likeness (QED) is 0.785. The summed E-state index contributed by atoms with van der Waals surface area (Å²) in [5, 5.41) is 2.68. The summed E-state index contributed by atoms with van der Waals surface area (Å²) in [5.41, 5.74) is 0.584. The number of anilines is 1. The number of hydrogen-bond acceptors (Lipinski definition) is 5. The maximum absolute atomic E-state index is 11.7. The van der Waals surface area contributed by atoms with Gasteiger partial charge < -0.3 is 14.8 Å². The second-order valence-electron chi connectivity index (χ2n) is 4.58. The highest BCUT2D eigenvalue weighted by molar-refractivity contribution is 7.89. The third-order valence-corrected chi connectivity index (χ3v) is 4.39. The Morgan fingerprint density at radius 3 is 2.81 bits per heavy atom. The number of ether oxygens (including phenoxy) is 2. The Kier molecular flexibility index (Phi) is 5.03. The van der Waals surface area contributed by atoms with Crippen molar-refractivity contribution in [2.75, 3.05) is 24.4 Å². The van der Waals surface area contributed by atoms with Gasteiger partial charge in [0.2, 0.25) is 22.7 Å². The van der Waals surface area contributed by atoms with Crippen molar-refractivity contribution in [2.24, 2.45) is 0 Å². The average Bonchev–Trinajstić information content (AvgIpc) is 2.85. The van der Waals surface area contributed by atoms with Crippen LogP contribution in [0.4, 0.5) is 5.69 Å². The molecule has 0 aliphatic carbocycles. The molecular weight excluding hydrogens is 296 g/mol. The number of amides is 1. The molecule has 1 aliphatic heterocycles. The monoisotopic (exact) mass is 314 g/mol. The van der Waals surface area contributed by atoms with Gasteiger partial charge in [-0.15, -0.1) is 0 Å². The minimum absolute atomic E-state index is 0.0663. The van der Waals surface area contributed by atoms with Gasteiger partial charge >= 0.3 is 0 Å². The fraction of sp³-hybridized carbons (Fsp3) is 0.462. The van der Waals surface area contributed by atoms with Crippen LogP contribution >= 0.6 is 0 Å². The second kappa shape index (κ2) is 6.77. The molecule has 1 heterocycles. The lowest BCUT2D eigenvalue weighted by atomic mass is 10.2. The number of sulfonamides is 1. The Labute approximate surface area is 123 Å². The third-order valence-electron chi connectivity index (χ3n) is 2.80. The van der Waals surface area contributed by atoms with E-state index in [-0.39, 0.29) is 31.4 Å². The number of rotatable bonds is 7. The molecule has 0 atom stereocenters. The fourth-order valence-electron chi connectivity index (χ4n) is 1.86. The molecule has 8 heteroatoms. The smallest absolute Gasteiger partial charge is 0.231 e. The summed E-state index contributed by atoms with van der Waals surface area (Å²) in [6.07, 6.45) is 0.607. The Balaban J connectivity index is 1.80. The van der Waals surface area contributed by atoms with E-state index in [1.165, 1.54) is 0 Å². The number of carbonyl (C=O) groups excluding carboxylic acids is 1. The molecule has 0 saturated carbocycles. The summed E-state index contributed by atoms with van der Waals surface area (Å²) in [4.78, 5) is 11.7. The molecule has 0 spiro atoms. The van der Waals surface area contributed by atoms with E-state index >= 15 is 0 Å². The molecule has 0 radical (unpaired) electrons. The van der Waals surface area contributed by atoms with Crippen LogP contribution in [-0.2, 0) is 14.8 Å². The van der Waals surface area contributed by atoms with Gasteiger partial charge in [-0.1, -0.05) is 6.92 Å². The lowest BCUT2D eigenvalue weighted by Gasteiger charge is -2.07. The highest BCUT2D eigenvalue weighted by Gasteiger charge is 2.14. The molecule has 1 aromatic rings. The molecular formula is C13H18N2O5S. The normalized spacial score (nSPS) is 13.2. The first kappa shape index (κ1) is 15.6. The summed E-state index contributed by atoms with van der Waals surface area (Å²) in [6, 6.07) is 5.08. The zero-order valence-electron chi connectivity index (χ0n) is 11.7. The third kappa shape index (κ3) is 4.61. The summed E-state index contributed by atoms with van der Waals surface area (Å²) in [6.45, 7) is 2.04. The molecule has 0 aromatic heterocycles. The summed E-state index contributed by atoms with van der Waals surface area (Å²) >= 11 is 0. The van der Waals surface area contributed by atoms with Crippen LogP contribution < -0.4 is 19.5 Å². The zero-order chi connectivity index (χ0) is 15.3. The molecule has 1 amide bonds. The van der Waals surface area contributed by atoms with Crippen LogP contribution in [-0.4, -0.2) is 33.4 Å². The average molecular weight is 314 g/mol. The van der Waals surface area contributed by atoms with E-state index < -0.39 is 10.0 Å². The van der Waals surface area contributed by atoms with Gasteiger partial charge in [-0.05, 0) is 18.6 Å². The minimum Gasteiger partial charge on any atom is -0.454 e. The van der Waals surface area contributed by atoms with Gasteiger partial charge in [0.15, 0.2) is 11.5 Å². The lowest BCUT2D eigenvalue weighted by Crippen LogP contribution is -2.29. The number of benzene rings is 1. The lowest BCUT2D eigenvalue weighted by molar-refractivity contribution is -0.116. The molecule has 21 heavy (non-hydrogen) atoms. The number of fused-ring (bicyclic) bond motifs is 1. The molecule has 2 N–H and O–H groups in total. The second-order valence-corrected chi connectivity index (χ2v) is 6.51. The van der Waals surface area contributed by atoms with Crippen molar-refractivity contribution >= 4 is 21.6 Å². The SMILES string of the molecule is CCCS(=O)(=O)NCCC(=O)Nc1ccc2c(c1)OCO2. The Morgan fingerprint density at radius 2 is 2.05 bits per heavy atom. The van der Waals surface area contributed by atoms with Gasteiger partial charge in [-0.25, -0.2) is 13.1 Å². The van der Waals surface area contributed by atoms with Gasteiger partial charge in [0.25, 0.3) is 0 Å². The predicted molar refractivity (Wildman–Crippen MR) is 77.9 cm³/mol. The van der Waals surface area contributed by atoms with Gasteiger partial charge in [0.1, 0.15) is 0 Å². The van der Waals surface area contributed by atoms with Gasteiger partial charge in [-0.2, -0.15) is 0 Å². The molecule has 2 rings (SSSR count). The van der Waals surface area contributed by atoms with E-state index in [1.54, 1.807) is 25.1 Å². The molecule has 0 saturated heterocycles. The van der Waals surface area contributed by atoms with E-state index in [4.69, 9.17) is 9.47 Å². The van der Waals surface area contributed by atoms with E-state index in [2.05, 4.69) is 10.0 Å². The maximum atomic E-state index is 11.7. The van der Waals surface area contributed by atoms with Crippen molar-refractivity contribution in [1.82, 2.24) is 4.72 Å². The van der Waals surface area contributed by atoms with Crippen LogP contribution in [0, 0.1) is 0 Å². The number of carbonyl (C=O) groups is 1. The first-order chi connectivity index (χ1) is 10.00. The molecule has 1 aliphatic rings. The van der Waals surface area contributed by atoms with Crippen molar-refractivity contribution in [1.29, 1.82) is 0 Å².